The van der Waals surface area contributed by atoms with Gasteiger partial charge in [0.25, 0.3) is 0 Å². The summed E-state index contributed by atoms with van der Waals surface area (Å²) in [6, 6.07) is 0. The van der Waals surface area contributed by atoms with Crippen LogP contribution in [0.2, 0.25) is 5.28 Å². The number of anilines is 2. The molecule has 1 aromatic rings. The average molecular weight is 300 g/mol. The van der Waals surface area contributed by atoms with Crippen LogP contribution in [0.4, 0.5) is 11.9 Å². The van der Waals surface area contributed by atoms with Crippen molar-refractivity contribution in [2.24, 2.45) is 0 Å². The Morgan fingerprint density at radius 1 is 1.15 bits per heavy atom. The van der Waals surface area contributed by atoms with Crippen LogP contribution in [0, 0.1) is 0 Å². The highest BCUT2D eigenvalue weighted by molar-refractivity contribution is 6.28. The molecule has 20 heavy (non-hydrogen) atoms. The van der Waals surface area contributed by atoms with Gasteiger partial charge in [-0.25, -0.2) is 0 Å². The monoisotopic (exact) mass is 299 g/mol. The van der Waals surface area contributed by atoms with Gasteiger partial charge in [-0.05, 0) is 39.3 Å². The second-order valence-electron chi connectivity index (χ2n) is 5.04. The molecule has 1 aliphatic heterocycles. The number of halogens is 1. The maximum absolute atomic E-state index is 6.05. The minimum Gasteiger partial charge on any atom is -0.372 e. The topological polar surface area (TPSA) is 54.4 Å². The van der Waals surface area contributed by atoms with Gasteiger partial charge in [-0.3, -0.25) is 0 Å². The van der Waals surface area contributed by atoms with E-state index in [2.05, 4.69) is 52.4 Å². The van der Waals surface area contributed by atoms with Crippen molar-refractivity contribution in [2.45, 2.75) is 39.9 Å². The molecule has 2 unspecified atom stereocenters. The van der Waals surface area contributed by atoms with Gasteiger partial charge >= 0.3 is 0 Å². The first-order valence-electron chi connectivity index (χ1n) is 7.10. The van der Waals surface area contributed by atoms with Crippen molar-refractivity contribution in [3.8, 4) is 0 Å². The van der Waals surface area contributed by atoms with Gasteiger partial charge in [0, 0.05) is 26.2 Å². The van der Waals surface area contributed by atoms with Crippen LogP contribution in [-0.4, -0.2) is 53.3 Å². The van der Waals surface area contributed by atoms with Gasteiger partial charge in [0.2, 0.25) is 17.2 Å². The van der Waals surface area contributed by atoms with Crippen LogP contribution in [0.15, 0.2) is 0 Å². The summed E-state index contributed by atoms with van der Waals surface area (Å²) in [5, 5.41) is 0.240. The molecule has 0 radical (unpaired) electrons. The Morgan fingerprint density at radius 2 is 1.75 bits per heavy atom. The number of hydrogen-bond donors (Lipinski definition) is 0. The zero-order valence-corrected chi connectivity index (χ0v) is 13.3. The van der Waals surface area contributed by atoms with Gasteiger partial charge < -0.3 is 14.5 Å². The lowest BCUT2D eigenvalue weighted by atomic mass is 10.2. The van der Waals surface area contributed by atoms with Crippen molar-refractivity contribution < 1.29 is 4.74 Å². The lowest BCUT2D eigenvalue weighted by Gasteiger charge is -2.35. The minimum absolute atomic E-state index is 0.159. The van der Waals surface area contributed by atoms with E-state index in [1.807, 2.05) is 0 Å². The molecular formula is C13H22ClN5O. The van der Waals surface area contributed by atoms with E-state index in [0.717, 1.165) is 26.2 Å². The Kier molecular flexibility index (Phi) is 4.99. The molecule has 0 N–H and O–H groups in total. The van der Waals surface area contributed by atoms with Crippen molar-refractivity contribution in [1.82, 2.24) is 15.0 Å². The Morgan fingerprint density at radius 3 is 2.30 bits per heavy atom. The van der Waals surface area contributed by atoms with E-state index < -0.39 is 0 Å². The standard InChI is InChI=1S/C13H22ClN5O/c1-5-18(6-2)12-15-11(14)16-13(17-12)19-7-9(3)20-10(4)8-19/h9-10H,5-8H2,1-4H3. The molecule has 2 atom stereocenters. The largest absolute Gasteiger partial charge is 0.372 e. The average Bonchev–Trinajstić information content (AvgIpc) is 2.38. The van der Waals surface area contributed by atoms with E-state index in [9.17, 15) is 0 Å². The first kappa shape index (κ1) is 15.3. The number of aromatic nitrogens is 3. The fourth-order valence-corrected chi connectivity index (χ4v) is 2.61. The van der Waals surface area contributed by atoms with Crippen LogP contribution in [0.25, 0.3) is 0 Å². The van der Waals surface area contributed by atoms with Crippen LogP contribution >= 0.6 is 11.6 Å². The molecule has 1 aromatic heterocycles. The van der Waals surface area contributed by atoms with E-state index in [4.69, 9.17) is 16.3 Å². The normalized spacial score (nSPS) is 22.9. The summed E-state index contributed by atoms with van der Waals surface area (Å²) in [6.45, 7) is 11.5. The van der Waals surface area contributed by atoms with Crippen molar-refractivity contribution in [3.05, 3.63) is 5.28 Å². The number of nitrogens with zero attached hydrogens (tertiary/aromatic N) is 5. The van der Waals surface area contributed by atoms with Gasteiger partial charge in [-0.2, -0.15) is 15.0 Å². The zero-order chi connectivity index (χ0) is 14.7. The molecule has 0 aromatic carbocycles. The highest BCUT2D eigenvalue weighted by Gasteiger charge is 2.25. The van der Waals surface area contributed by atoms with Gasteiger partial charge in [0.05, 0.1) is 12.2 Å². The Labute approximate surface area is 125 Å². The molecular weight excluding hydrogens is 278 g/mol. The van der Waals surface area contributed by atoms with Crippen molar-refractivity contribution >= 4 is 23.5 Å². The van der Waals surface area contributed by atoms with E-state index in [-0.39, 0.29) is 17.5 Å². The van der Waals surface area contributed by atoms with Gasteiger partial charge in [-0.15, -0.1) is 0 Å². The summed E-state index contributed by atoms with van der Waals surface area (Å²) in [5.74, 6) is 1.27. The molecule has 0 spiro atoms. The van der Waals surface area contributed by atoms with Crippen LogP contribution < -0.4 is 9.80 Å². The maximum Gasteiger partial charge on any atom is 0.231 e. The van der Waals surface area contributed by atoms with Crippen LogP contribution in [0.3, 0.4) is 0 Å². The Hall–Kier alpha value is -1.14. The van der Waals surface area contributed by atoms with Gasteiger partial charge in [-0.1, -0.05) is 0 Å². The summed E-state index contributed by atoms with van der Waals surface area (Å²) in [7, 11) is 0. The summed E-state index contributed by atoms with van der Waals surface area (Å²) < 4.78 is 5.73. The zero-order valence-electron chi connectivity index (χ0n) is 12.5. The second kappa shape index (κ2) is 6.54. The van der Waals surface area contributed by atoms with Gasteiger partial charge in [0.1, 0.15) is 0 Å². The first-order valence-corrected chi connectivity index (χ1v) is 7.48. The number of morpholine rings is 1. The molecule has 0 amide bonds. The molecule has 1 aliphatic rings. The van der Waals surface area contributed by atoms with Crippen LogP contribution in [0.5, 0.6) is 0 Å². The van der Waals surface area contributed by atoms with E-state index >= 15 is 0 Å². The summed E-state index contributed by atoms with van der Waals surface area (Å²) in [6.07, 6.45) is 0.317. The second-order valence-corrected chi connectivity index (χ2v) is 5.38. The molecule has 2 heterocycles. The summed E-state index contributed by atoms with van der Waals surface area (Å²) in [4.78, 5) is 17.2. The molecule has 6 nitrogen and oxygen atoms in total. The lowest BCUT2D eigenvalue weighted by molar-refractivity contribution is -0.00572. The maximum atomic E-state index is 6.05. The van der Waals surface area contributed by atoms with Crippen molar-refractivity contribution in [2.75, 3.05) is 36.0 Å². The molecule has 112 valence electrons. The summed E-state index contributed by atoms with van der Waals surface area (Å²) >= 11 is 6.05. The minimum atomic E-state index is 0.159. The fourth-order valence-electron chi connectivity index (χ4n) is 2.46. The molecule has 0 aliphatic carbocycles. The molecule has 7 heteroatoms. The van der Waals surface area contributed by atoms with E-state index in [1.54, 1.807) is 0 Å². The smallest absolute Gasteiger partial charge is 0.231 e. The Balaban J connectivity index is 2.27. The third-order valence-electron chi connectivity index (χ3n) is 3.33. The number of ether oxygens (including phenoxy) is 1. The highest BCUT2D eigenvalue weighted by atomic mass is 35.5. The van der Waals surface area contributed by atoms with Crippen LogP contribution in [0.1, 0.15) is 27.7 Å². The predicted molar refractivity (Wildman–Crippen MR) is 80.6 cm³/mol. The molecule has 1 saturated heterocycles. The van der Waals surface area contributed by atoms with Gasteiger partial charge in [0.15, 0.2) is 0 Å². The third kappa shape index (κ3) is 3.49. The number of hydrogen-bond acceptors (Lipinski definition) is 6. The highest BCUT2D eigenvalue weighted by Crippen LogP contribution is 2.20. The SMILES string of the molecule is CCN(CC)c1nc(Cl)nc(N2CC(C)OC(C)C2)n1. The lowest BCUT2D eigenvalue weighted by Crippen LogP contribution is -2.46. The fraction of sp³-hybridized carbons (Fsp3) is 0.769. The summed E-state index contributed by atoms with van der Waals surface area (Å²) in [5.41, 5.74) is 0. The molecule has 0 saturated carbocycles. The van der Waals surface area contributed by atoms with E-state index in [0.29, 0.717) is 11.9 Å². The van der Waals surface area contributed by atoms with Crippen molar-refractivity contribution in [1.29, 1.82) is 0 Å². The van der Waals surface area contributed by atoms with Crippen molar-refractivity contribution in [3.63, 3.8) is 0 Å². The van der Waals surface area contributed by atoms with E-state index in [1.165, 1.54) is 0 Å². The molecule has 2 rings (SSSR count). The number of rotatable bonds is 4. The quantitative estimate of drug-likeness (QED) is 0.847. The van der Waals surface area contributed by atoms with Crippen LogP contribution in [-0.2, 0) is 4.74 Å². The Bertz CT molecular complexity index is 444. The third-order valence-corrected chi connectivity index (χ3v) is 3.50. The first-order chi connectivity index (χ1) is 9.53. The molecule has 1 fully saturated rings. The molecule has 0 bridgehead atoms. The predicted octanol–water partition coefficient (Wildman–Crippen LogP) is 1.98.